The van der Waals surface area contributed by atoms with E-state index in [0.717, 1.165) is 12.2 Å². The van der Waals surface area contributed by atoms with Crippen LogP contribution in [0.1, 0.15) is 12.8 Å². The van der Waals surface area contributed by atoms with Gasteiger partial charge in [0.25, 0.3) is 0 Å². The number of thioether (sulfide) groups is 1. The molecule has 8 heteroatoms. The Balaban J connectivity index is 0.00000361. The molecule has 1 amide bonds. The summed E-state index contributed by atoms with van der Waals surface area (Å²) >= 11 is 1.96. The largest absolute Gasteiger partial charge is 0.383 e. The molecule has 1 rings (SSSR count). The van der Waals surface area contributed by atoms with Crippen molar-refractivity contribution in [3.05, 3.63) is 0 Å². The zero-order valence-corrected chi connectivity index (χ0v) is 15.3. The van der Waals surface area contributed by atoms with E-state index in [1.54, 1.807) is 14.2 Å². The first-order chi connectivity index (χ1) is 9.26. The Bertz CT molecular complexity index is 299. The van der Waals surface area contributed by atoms with Gasteiger partial charge in [0, 0.05) is 32.5 Å². The Morgan fingerprint density at radius 3 is 2.85 bits per heavy atom. The van der Waals surface area contributed by atoms with Crippen LogP contribution in [0.25, 0.3) is 0 Å². The van der Waals surface area contributed by atoms with E-state index in [1.165, 1.54) is 12.2 Å². The van der Waals surface area contributed by atoms with Crippen molar-refractivity contribution >= 4 is 47.6 Å². The third kappa shape index (κ3) is 8.85. The number of nitrogens with zero attached hydrogens (tertiary/aromatic N) is 1. The van der Waals surface area contributed by atoms with Crippen LogP contribution < -0.4 is 16.0 Å². The van der Waals surface area contributed by atoms with Crippen molar-refractivity contribution in [2.75, 3.05) is 45.4 Å². The molecule has 0 aromatic carbocycles. The van der Waals surface area contributed by atoms with E-state index in [4.69, 9.17) is 4.74 Å². The number of hydrogen-bond donors (Lipinski definition) is 3. The van der Waals surface area contributed by atoms with Crippen molar-refractivity contribution in [3.8, 4) is 0 Å². The third-order valence-corrected chi connectivity index (χ3v) is 3.98. The first-order valence-electron chi connectivity index (χ1n) is 6.57. The standard InChI is InChI=1S/C12H24N4O2S.HI/c1-13-12(16-10-4-3-7-19-9-10)15-8-11(17)14-5-6-18-2;/h10H,3-9H2,1-2H3,(H,14,17)(H2,13,15,16);1H. The summed E-state index contributed by atoms with van der Waals surface area (Å²) in [6.07, 6.45) is 2.39. The molecule has 0 spiro atoms. The van der Waals surface area contributed by atoms with Gasteiger partial charge in [-0.1, -0.05) is 0 Å². The Morgan fingerprint density at radius 2 is 2.25 bits per heavy atom. The van der Waals surface area contributed by atoms with Crippen LogP contribution in [-0.2, 0) is 9.53 Å². The number of rotatable bonds is 6. The van der Waals surface area contributed by atoms with E-state index < -0.39 is 0 Å². The minimum atomic E-state index is -0.0574. The molecular formula is C12H25IN4O2S. The predicted octanol–water partition coefficient (Wildman–Crippen LogP) is 0.428. The van der Waals surface area contributed by atoms with Gasteiger partial charge in [-0.05, 0) is 18.6 Å². The summed E-state index contributed by atoms with van der Waals surface area (Å²) in [6, 6.07) is 0.446. The molecule has 0 radical (unpaired) electrons. The van der Waals surface area contributed by atoms with Gasteiger partial charge in [-0.15, -0.1) is 24.0 Å². The van der Waals surface area contributed by atoms with E-state index in [-0.39, 0.29) is 36.4 Å². The Labute approximate surface area is 142 Å². The summed E-state index contributed by atoms with van der Waals surface area (Å²) in [5.74, 6) is 2.97. The minimum absolute atomic E-state index is 0. The predicted molar refractivity (Wildman–Crippen MR) is 95.1 cm³/mol. The van der Waals surface area contributed by atoms with Crippen LogP contribution in [0.5, 0.6) is 0 Å². The number of carbonyl (C=O) groups excluding carboxylic acids is 1. The van der Waals surface area contributed by atoms with Crippen molar-refractivity contribution in [2.24, 2.45) is 4.99 Å². The number of aliphatic imine (C=N–C) groups is 1. The zero-order chi connectivity index (χ0) is 13.9. The van der Waals surface area contributed by atoms with Crippen LogP contribution in [0.2, 0.25) is 0 Å². The smallest absolute Gasteiger partial charge is 0.239 e. The maximum atomic E-state index is 11.5. The number of nitrogens with one attached hydrogen (secondary N) is 3. The van der Waals surface area contributed by atoms with Crippen LogP contribution in [-0.4, -0.2) is 63.3 Å². The third-order valence-electron chi connectivity index (χ3n) is 2.77. The lowest BCUT2D eigenvalue weighted by atomic mass is 10.2. The molecule has 1 atom stereocenters. The molecule has 1 aliphatic heterocycles. The summed E-state index contributed by atoms with van der Waals surface area (Å²) < 4.78 is 4.87. The molecule has 0 aliphatic carbocycles. The van der Waals surface area contributed by atoms with E-state index in [2.05, 4.69) is 20.9 Å². The van der Waals surface area contributed by atoms with Crippen LogP contribution in [0.3, 0.4) is 0 Å². The summed E-state index contributed by atoms with van der Waals surface area (Å²) in [5.41, 5.74) is 0. The van der Waals surface area contributed by atoms with E-state index in [9.17, 15) is 4.79 Å². The van der Waals surface area contributed by atoms with Crippen LogP contribution >= 0.6 is 35.7 Å². The van der Waals surface area contributed by atoms with E-state index >= 15 is 0 Å². The van der Waals surface area contributed by atoms with E-state index in [0.29, 0.717) is 25.2 Å². The zero-order valence-electron chi connectivity index (χ0n) is 12.1. The van der Waals surface area contributed by atoms with Gasteiger partial charge in [0.1, 0.15) is 0 Å². The van der Waals surface area contributed by atoms with Gasteiger partial charge < -0.3 is 20.7 Å². The molecule has 3 N–H and O–H groups in total. The number of ether oxygens (including phenoxy) is 1. The van der Waals surface area contributed by atoms with Gasteiger partial charge >= 0.3 is 0 Å². The molecule has 0 bridgehead atoms. The van der Waals surface area contributed by atoms with Crippen LogP contribution in [0, 0.1) is 0 Å². The Hall–Kier alpha value is -0.220. The Morgan fingerprint density at radius 1 is 1.45 bits per heavy atom. The lowest BCUT2D eigenvalue weighted by Crippen LogP contribution is -2.48. The topological polar surface area (TPSA) is 74.8 Å². The van der Waals surface area contributed by atoms with Crippen molar-refractivity contribution in [1.29, 1.82) is 0 Å². The average Bonchev–Trinajstić information content (AvgIpc) is 2.45. The fourth-order valence-corrected chi connectivity index (χ4v) is 2.83. The SMILES string of the molecule is CN=C(NCC(=O)NCCOC)NC1CCCSC1.I. The monoisotopic (exact) mass is 416 g/mol. The van der Waals surface area contributed by atoms with Gasteiger partial charge in [0.2, 0.25) is 5.91 Å². The molecule has 6 nitrogen and oxygen atoms in total. The highest BCUT2D eigenvalue weighted by atomic mass is 127. The minimum Gasteiger partial charge on any atom is -0.383 e. The first-order valence-corrected chi connectivity index (χ1v) is 7.72. The maximum absolute atomic E-state index is 11.5. The average molecular weight is 416 g/mol. The number of methoxy groups -OCH3 is 1. The molecule has 1 unspecified atom stereocenters. The number of guanidine groups is 1. The highest BCUT2D eigenvalue weighted by Gasteiger charge is 2.15. The summed E-state index contributed by atoms with van der Waals surface area (Å²) in [5, 5.41) is 9.12. The highest BCUT2D eigenvalue weighted by Crippen LogP contribution is 2.16. The molecule has 1 heterocycles. The fraction of sp³-hybridized carbons (Fsp3) is 0.833. The quantitative estimate of drug-likeness (QED) is 0.254. The second-order valence-corrected chi connectivity index (χ2v) is 5.48. The molecular weight excluding hydrogens is 391 g/mol. The Kier molecular flexibility index (Phi) is 12.4. The summed E-state index contributed by atoms with van der Waals surface area (Å²) in [6.45, 7) is 1.28. The van der Waals surface area contributed by atoms with E-state index in [1.807, 2.05) is 11.8 Å². The number of halogens is 1. The molecule has 0 aromatic rings. The molecule has 1 fully saturated rings. The highest BCUT2D eigenvalue weighted by molar-refractivity contribution is 14.0. The molecule has 0 aromatic heterocycles. The number of carbonyl (C=O) groups is 1. The summed E-state index contributed by atoms with van der Waals surface area (Å²) in [7, 11) is 3.33. The number of hydrogen-bond acceptors (Lipinski definition) is 4. The van der Waals surface area contributed by atoms with Gasteiger partial charge in [0.15, 0.2) is 5.96 Å². The van der Waals surface area contributed by atoms with Gasteiger partial charge in [-0.3, -0.25) is 9.79 Å². The van der Waals surface area contributed by atoms with Crippen LogP contribution in [0.15, 0.2) is 4.99 Å². The van der Waals surface area contributed by atoms with Crippen molar-refractivity contribution in [2.45, 2.75) is 18.9 Å². The van der Waals surface area contributed by atoms with Crippen LogP contribution in [0.4, 0.5) is 0 Å². The lowest BCUT2D eigenvalue weighted by Gasteiger charge is -2.24. The van der Waals surface area contributed by atoms with Gasteiger partial charge in [-0.2, -0.15) is 11.8 Å². The van der Waals surface area contributed by atoms with Crippen molar-refractivity contribution < 1.29 is 9.53 Å². The summed E-state index contributed by atoms with van der Waals surface area (Å²) in [4.78, 5) is 15.6. The fourth-order valence-electron chi connectivity index (χ4n) is 1.76. The lowest BCUT2D eigenvalue weighted by molar-refractivity contribution is -0.120. The molecule has 1 aliphatic rings. The van der Waals surface area contributed by atoms with Gasteiger partial charge in [0.05, 0.1) is 13.2 Å². The molecule has 20 heavy (non-hydrogen) atoms. The van der Waals surface area contributed by atoms with Gasteiger partial charge in [-0.25, -0.2) is 0 Å². The van der Waals surface area contributed by atoms with Crippen molar-refractivity contribution in [1.82, 2.24) is 16.0 Å². The second-order valence-electron chi connectivity index (χ2n) is 4.33. The second kappa shape index (κ2) is 12.5. The maximum Gasteiger partial charge on any atom is 0.239 e. The molecule has 118 valence electrons. The normalized spacial score (nSPS) is 18.9. The number of amides is 1. The molecule has 0 saturated carbocycles. The first kappa shape index (κ1) is 19.8. The van der Waals surface area contributed by atoms with Crippen molar-refractivity contribution in [3.63, 3.8) is 0 Å². The molecule has 1 saturated heterocycles.